The van der Waals surface area contributed by atoms with Crippen LogP contribution in [0, 0.1) is 0 Å². The van der Waals surface area contributed by atoms with Gasteiger partial charge in [-0.2, -0.15) is 0 Å². The molecule has 1 nitrogen and oxygen atoms in total. The molecule has 0 aromatic heterocycles. The Kier molecular flexibility index (Phi) is 5.46. The molecule has 2 heteroatoms. The van der Waals surface area contributed by atoms with Gasteiger partial charge in [0.05, 0.1) is 0 Å². The first kappa shape index (κ1) is 18.3. The fourth-order valence-corrected chi connectivity index (χ4v) is 5.89. The summed E-state index contributed by atoms with van der Waals surface area (Å²) in [6.07, 6.45) is 0. The van der Waals surface area contributed by atoms with Crippen molar-refractivity contribution in [1.29, 1.82) is 0 Å². The minimum atomic E-state index is -0.784. The highest BCUT2D eigenvalue weighted by atomic mass is 31.1. The fraction of sp³-hybridized carbons (Fsp3) is 0.0385. The van der Waals surface area contributed by atoms with E-state index in [0.29, 0.717) is 0 Å². The quantitative estimate of drug-likeness (QED) is 0.339. The van der Waals surface area contributed by atoms with Crippen molar-refractivity contribution in [2.24, 2.45) is 0 Å². The van der Waals surface area contributed by atoms with Gasteiger partial charge < -0.3 is 0 Å². The van der Waals surface area contributed by atoms with Crippen molar-refractivity contribution in [2.45, 2.75) is 6.92 Å². The van der Waals surface area contributed by atoms with Crippen LogP contribution in [0.3, 0.4) is 0 Å². The van der Waals surface area contributed by atoms with Crippen molar-refractivity contribution < 1.29 is 4.79 Å². The van der Waals surface area contributed by atoms with Gasteiger partial charge >= 0.3 is 0 Å². The Labute approximate surface area is 167 Å². The molecule has 0 saturated carbocycles. The standard InChI is InChI=1S/C26H21OP/c1-20(27)22-17-18-25(21-11-5-2-6-12-21)26(19-22)28(23-13-7-3-8-14-23)24-15-9-4-10-16-24/h2-19H,1H3. The topological polar surface area (TPSA) is 17.1 Å². The summed E-state index contributed by atoms with van der Waals surface area (Å²) >= 11 is 0. The summed E-state index contributed by atoms with van der Waals surface area (Å²) < 4.78 is 0. The van der Waals surface area contributed by atoms with Crippen LogP contribution in [0.15, 0.2) is 109 Å². The molecule has 136 valence electrons. The zero-order valence-corrected chi connectivity index (χ0v) is 16.6. The van der Waals surface area contributed by atoms with Crippen LogP contribution in [0.1, 0.15) is 17.3 Å². The SMILES string of the molecule is CC(=O)c1ccc(-c2ccccc2)c(P(c2ccccc2)c2ccccc2)c1. The highest BCUT2D eigenvalue weighted by Crippen LogP contribution is 2.37. The molecule has 28 heavy (non-hydrogen) atoms. The lowest BCUT2D eigenvalue weighted by Crippen LogP contribution is -2.23. The smallest absolute Gasteiger partial charge is 0.159 e. The van der Waals surface area contributed by atoms with Crippen molar-refractivity contribution >= 4 is 29.6 Å². The van der Waals surface area contributed by atoms with E-state index in [2.05, 4.69) is 84.9 Å². The number of carbonyl (C=O) groups excluding carboxylic acids is 1. The normalized spacial score (nSPS) is 10.8. The third kappa shape index (κ3) is 3.81. The molecule has 0 aliphatic carbocycles. The van der Waals surface area contributed by atoms with E-state index in [4.69, 9.17) is 0 Å². The molecule has 0 saturated heterocycles. The van der Waals surface area contributed by atoms with Gasteiger partial charge in [0, 0.05) is 5.56 Å². The fourth-order valence-electron chi connectivity index (χ4n) is 3.38. The van der Waals surface area contributed by atoms with Gasteiger partial charge in [0.2, 0.25) is 0 Å². The maximum atomic E-state index is 12.1. The van der Waals surface area contributed by atoms with E-state index in [9.17, 15) is 4.79 Å². The Morgan fingerprint density at radius 1 is 0.643 bits per heavy atom. The van der Waals surface area contributed by atoms with E-state index in [-0.39, 0.29) is 5.78 Å². The molecule has 4 aromatic carbocycles. The van der Waals surface area contributed by atoms with Crippen LogP contribution >= 0.6 is 7.92 Å². The highest BCUT2D eigenvalue weighted by Gasteiger charge is 2.21. The predicted octanol–water partition coefficient (Wildman–Crippen LogP) is 5.31. The number of rotatable bonds is 5. The van der Waals surface area contributed by atoms with Crippen LogP contribution in [0.25, 0.3) is 11.1 Å². The van der Waals surface area contributed by atoms with Crippen molar-refractivity contribution in [3.63, 3.8) is 0 Å². The Morgan fingerprint density at radius 2 is 1.14 bits per heavy atom. The van der Waals surface area contributed by atoms with Crippen molar-refractivity contribution in [2.75, 3.05) is 0 Å². The van der Waals surface area contributed by atoms with E-state index in [1.807, 2.05) is 24.3 Å². The van der Waals surface area contributed by atoms with E-state index in [1.165, 1.54) is 27.0 Å². The Morgan fingerprint density at radius 3 is 1.64 bits per heavy atom. The van der Waals surface area contributed by atoms with E-state index in [0.717, 1.165) is 5.56 Å². The van der Waals surface area contributed by atoms with Gasteiger partial charge in [-0.15, -0.1) is 0 Å². The first-order valence-corrected chi connectivity index (χ1v) is 10.7. The van der Waals surface area contributed by atoms with Gasteiger partial charge in [0.15, 0.2) is 5.78 Å². The number of Topliss-reactive ketones (excluding diaryl/α,β-unsaturated/α-hetero) is 1. The first-order chi connectivity index (χ1) is 13.7. The monoisotopic (exact) mass is 380 g/mol. The molecule has 0 radical (unpaired) electrons. The molecule has 0 fully saturated rings. The Balaban J connectivity index is 1.99. The summed E-state index contributed by atoms with van der Waals surface area (Å²) in [6.45, 7) is 1.63. The largest absolute Gasteiger partial charge is 0.295 e. The van der Waals surface area contributed by atoms with Gasteiger partial charge in [0.1, 0.15) is 0 Å². The number of benzene rings is 4. The lowest BCUT2D eigenvalue weighted by Gasteiger charge is -2.23. The van der Waals surface area contributed by atoms with Crippen LogP contribution in [0.2, 0.25) is 0 Å². The summed E-state index contributed by atoms with van der Waals surface area (Å²) in [7, 11) is -0.784. The number of hydrogen-bond acceptors (Lipinski definition) is 1. The van der Waals surface area contributed by atoms with E-state index >= 15 is 0 Å². The maximum Gasteiger partial charge on any atom is 0.159 e. The summed E-state index contributed by atoms with van der Waals surface area (Å²) in [6, 6.07) is 37.8. The molecule has 0 bridgehead atoms. The van der Waals surface area contributed by atoms with Gasteiger partial charge in [-0.3, -0.25) is 4.79 Å². The summed E-state index contributed by atoms with van der Waals surface area (Å²) in [5.41, 5.74) is 3.12. The zero-order chi connectivity index (χ0) is 19.3. The minimum absolute atomic E-state index is 0.0944. The van der Waals surface area contributed by atoms with Crippen molar-refractivity contribution in [1.82, 2.24) is 0 Å². The molecule has 4 aromatic rings. The van der Waals surface area contributed by atoms with E-state index in [1.54, 1.807) is 6.92 Å². The third-order valence-corrected chi connectivity index (χ3v) is 7.24. The second kappa shape index (κ2) is 8.33. The minimum Gasteiger partial charge on any atom is -0.295 e. The Bertz CT molecular complexity index is 1030. The molecule has 0 amide bonds. The van der Waals surface area contributed by atoms with Crippen LogP contribution < -0.4 is 15.9 Å². The lowest BCUT2D eigenvalue weighted by atomic mass is 10.0. The average molecular weight is 380 g/mol. The van der Waals surface area contributed by atoms with E-state index < -0.39 is 7.92 Å². The van der Waals surface area contributed by atoms with Gasteiger partial charge in [0.25, 0.3) is 0 Å². The van der Waals surface area contributed by atoms with Crippen LogP contribution in [0.4, 0.5) is 0 Å². The molecular formula is C26H21OP. The van der Waals surface area contributed by atoms with Crippen LogP contribution in [-0.2, 0) is 0 Å². The molecule has 0 heterocycles. The molecule has 0 atom stereocenters. The summed E-state index contributed by atoms with van der Waals surface area (Å²) in [5.74, 6) is 0.0944. The number of carbonyl (C=O) groups is 1. The van der Waals surface area contributed by atoms with Crippen LogP contribution in [0.5, 0.6) is 0 Å². The maximum absolute atomic E-state index is 12.1. The first-order valence-electron chi connectivity index (χ1n) is 9.35. The number of ketones is 1. The second-order valence-corrected chi connectivity index (χ2v) is 8.85. The lowest BCUT2D eigenvalue weighted by molar-refractivity contribution is 0.101. The zero-order valence-electron chi connectivity index (χ0n) is 15.7. The molecule has 0 N–H and O–H groups in total. The number of hydrogen-bond donors (Lipinski definition) is 0. The summed E-state index contributed by atoms with van der Waals surface area (Å²) in [5, 5.41) is 3.77. The molecule has 4 rings (SSSR count). The second-order valence-electron chi connectivity index (χ2n) is 6.66. The molecule has 0 aliphatic heterocycles. The summed E-state index contributed by atoms with van der Waals surface area (Å²) in [4.78, 5) is 12.1. The van der Waals surface area contributed by atoms with Crippen molar-refractivity contribution in [3.05, 3.63) is 115 Å². The molecule has 0 unspecified atom stereocenters. The van der Waals surface area contributed by atoms with Crippen LogP contribution in [-0.4, -0.2) is 5.78 Å². The van der Waals surface area contributed by atoms with Gasteiger partial charge in [-0.25, -0.2) is 0 Å². The highest BCUT2D eigenvalue weighted by molar-refractivity contribution is 7.80. The predicted molar refractivity (Wildman–Crippen MR) is 121 cm³/mol. The van der Waals surface area contributed by atoms with Crippen molar-refractivity contribution in [3.8, 4) is 11.1 Å². The molecule has 0 spiro atoms. The molecule has 0 aliphatic rings. The van der Waals surface area contributed by atoms with Gasteiger partial charge in [-0.05, 0) is 48.0 Å². The average Bonchev–Trinajstić information content (AvgIpc) is 2.76. The molecular weight excluding hydrogens is 359 g/mol. The third-order valence-electron chi connectivity index (χ3n) is 4.76. The van der Waals surface area contributed by atoms with Gasteiger partial charge in [-0.1, -0.05) is 103 Å². The Hall–Kier alpha value is -3.02.